The molecule has 0 aliphatic rings. The summed E-state index contributed by atoms with van der Waals surface area (Å²) in [5, 5.41) is 9.57. The molecule has 4 heteroatoms. The van der Waals surface area contributed by atoms with E-state index >= 15 is 0 Å². The summed E-state index contributed by atoms with van der Waals surface area (Å²) >= 11 is 0. The lowest BCUT2D eigenvalue weighted by molar-refractivity contribution is 0.669. The van der Waals surface area contributed by atoms with Crippen LogP contribution in [0, 0.1) is 0 Å². The van der Waals surface area contributed by atoms with Crippen molar-refractivity contribution in [3.63, 3.8) is 0 Å². The molecular formula is C60H37N3O. The highest BCUT2D eigenvalue weighted by atomic mass is 16.3. The summed E-state index contributed by atoms with van der Waals surface area (Å²) in [7, 11) is 0. The van der Waals surface area contributed by atoms with E-state index < -0.39 is 0 Å². The van der Waals surface area contributed by atoms with Crippen molar-refractivity contribution in [1.29, 1.82) is 0 Å². The largest absolute Gasteiger partial charge is 0.456 e. The van der Waals surface area contributed by atoms with Gasteiger partial charge in [-0.25, -0.2) is 0 Å². The van der Waals surface area contributed by atoms with Crippen LogP contribution in [-0.4, -0.2) is 13.7 Å². The van der Waals surface area contributed by atoms with Crippen LogP contribution >= 0.6 is 0 Å². The van der Waals surface area contributed by atoms with Crippen molar-refractivity contribution in [3.8, 4) is 39.3 Å². The van der Waals surface area contributed by atoms with Gasteiger partial charge in [0.15, 0.2) is 0 Å². The van der Waals surface area contributed by atoms with Crippen LogP contribution in [0.25, 0.3) is 127 Å². The predicted octanol–water partition coefficient (Wildman–Crippen LogP) is 16.2. The molecule has 0 spiro atoms. The third-order valence-electron chi connectivity index (χ3n) is 13.4. The summed E-state index contributed by atoms with van der Waals surface area (Å²) in [6, 6.07) is 81.5. The second-order valence-electron chi connectivity index (χ2n) is 16.9. The average molecular weight is 816 g/mol. The molecule has 4 heterocycles. The molecule has 0 N–H and O–H groups in total. The van der Waals surface area contributed by atoms with Crippen LogP contribution < -0.4 is 0 Å². The molecule has 0 saturated heterocycles. The standard InChI is InChI=1S/C60H37N3O/c1-2-14-38(15-3-1)39-16-12-17-40(34-39)41-28-33-58-50(35-41)60-56(26-13-27-59(60)64-58)63-54-25-11-6-20-46(54)48-31-29-43(37-57(48)63)62-53-24-10-7-21-47(53)49-36-42(30-32-55(49)62)61-51-22-8-4-18-44(51)45-19-5-9-23-52(45)61/h1-37H. The molecule has 0 amide bonds. The van der Waals surface area contributed by atoms with Crippen molar-refractivity contribution in [3.05, 3.63) is 224 Å². The van der Waals surface area contributed by atoms with Gasteiger partial charge in [-0.1, -0.05) is 140 Å². The molecule has 0 radical (unpaired) electrons. The number of nitrogens with zero attached hydrogens (tertiary/aromatic N) is 3. The summed E-state index contributed by atoms with van der Waals surface area (Å²) in [5.41, 5.74) is 16.9. The predicted molar refractivity (Wildman–Crippen MR) is 268 cm³/mol. The molecule has 0 bridgehead atoms. The van der Waals surface area contributed by atoms with Gasteiger partial charge in [-0.05, 0) is 107 Å². The fourth-order valence-electron chi connectivity index (χ4n) is 10.6. The van der Waals surface area contributed by atoms with E-state index in [2.05, 4.69) is 238 Å². The van der Waals surface area contributed by atoms with Gasteiger partial charge in [-0.2, -0.15) is 0 Å². The fraction of sp³-hybridized carbons (Fsp3) is 0. The highest BCUT2D eigenvalue weighted by Gasteiger charge is 2.21. The van der Waals surface area contributed by atoms with Crippen molar-refractivity contribution in [1.82, 2.24) is 13.7 Å². The summed E-state index contributed by atoms with van der Waals surface area (Å²) in [5.74, 6) is 0. The molecule has 4 nitrogen and oxygen atoms in total. The molecule has 0 saturated carbocycles. The Morgan fingerprint density at radius 3 is 1.44 bits per heavy atom. The summed E-state index contributed by atoms with van der Waals surface area (Å²) in [6.45, 7) is 0. The lowest BCUT2D eigenvalue weighted by Gasteiger charge is -2.13. The highest BCUT2D eigenvalue weighted by Crippen LogP contribution is 2.42. The molecule has 0 unspecified atom stereocenters. The minimum absolute atomic E-state index is 0.867. The van der Waals surface area contributed by atoms with Crippen molar-refractivity contribution in [2.75, 3.05) is 0 Å². The topological polar surface area (TPSA) is 27.9 Å². The van der Waals surface area contributed by atoms with E-state index in [9.17, 15) is 0 Å². The Hall–Kier alpha value is -8.60. The van der Waals surface area contributed by atoms with E-state index in [-0.39, 0.29) is 0 Å². The average Bonchev–Trinajstić information content (AvgIpc) is 4.10. The zero-order chi connectivity index (χ0) is 41.9. The van der Waals surface area contributed by atoms with Crippen LogP contribution in [0.4, 0.5) is 0 Å². The Balaban J connectivity index is 0.977. The molecule has 64 heavy (non-hydrogen) atoms. The smallest absolute Gasteiger partial charge is 0.137 e. The molecule has 10 aromatic carbocycles. The van der Waals surface area contributed by atoms with Crippen molar-refractivity contribution in [2.24, 2.45) is 0 Å². The third-order valence-corrected chi connectivity index (χ3v) is 13.4. The van der Waals surface area contributed by atoms with Gasteiger partial charge in [0.2, 0.25) is 0 Å². The third kappa shape index (κ3) is 5.05. The lowest BCUT2D eigenvalue weighted by Crippen LogP contribution is -1.98. The minimum atomic E-state index is 0.867. The van der Waals surface area contributed by atoms with Gasteiger partial charge in [0.1, 0.15) is 11.2 Å². The Morgan fingerprint density at radius 2 is 0.750 bits per heavy atom. The summed E-state index contributed by atoms with van der Waals surface area (Å²) in [6.07, 6.45) is 0. The van der Waals surface area contributed by atoms with Gasteiger partial charge in [-0.3, -0.25) is 0 Å². The van der Waals surface area contributed by atoms with Gasteiger partial charge in [-0.15, -0.1) is 0 Å². The summed E-state index contributed by atoms with van der Waals surface area (Å²) in [4.78, 5) is 0. The van der Waals surface area contributed by atoms with Crippen LogP contribution in [-0.2, 0) is 0 Å². The Labute approximate surface area is 367 Å². The number of hydrogen-bond acceptors (Lipinski definition) is 1. The molecule has 0 aliphatic heterocycles. The Morgan fingerprint density at radius 1 is 0.250 bits per heavy atom. The first-order chi connectivity index (χ1) is 31.7. The number of rotatable bonds is 5. The normalized spacial score (nSPS) is 12.1. The first-order valence-corrected chi connectivity index (χ1v) is 21.9. The Bertz CT molecular complexity index is 4140. The molecule has 0 aliphatic carbocycles. The van der Waals surface area contributed by atoms with E-state index in [0.717, 1.165) is 55.6 Å². The molecule has 4 aromatic heterocycles. The number of aromatic nitrogens is 3. The summed E-state index contributed by atoms with van der Waals surface area (Å²) < 4.78 is 13.9. The van der Waals surface area contributed by atoms with Crippen molar-refractivity contribution >= 4 is 87.4 Å². The molecule has 14 aromatic rings. The number of fused-ring (bicyclic) bond motifs is 12. The van der Waals surface area contributed by atoms with E-state index in [1.807, 2.05) is 0 Å². The van der Waals surface area contributed by atoms with Crippen molar-refractivity contribution < 1.29 is 4.42 Å². The highest BCUT2D eigenvalue weighted by molar-refractivity contribution is 6.16. The van der Waals surface area contributed by atoms with E-state index in [1.54, 1.807) is 0 Å². The van der Waals surface area contributed by atoms with Gasteiger partial charge in [0.05, 0.1) is 44.2 Å². The molecule has 298 valence electrons. The lowest BCUT2D eigenvalue weighted by atomic mass is 9.98. The molecule has 14 rings (SSSR count). The quantitative estimate of drug-likeness (QED) is 0.170. The Kier molecular flexibility index (Phi) is 7.36. The molecular weight excluding hydrogens is 779 g/mol. The first kappa shape index (κ1) is 35.0. The maximum atomic E-state index is 6.64. The second kappa shape index (κ2) is 13.4. The van der Waals surface area contributed by atoms with Crippen molar-refractivity contribution in [2.45, 2.75) is 0 Å². The second-order valence-corrected chi connectivity index (χ2v) is 16.9. The zero-order valence-electron chi connectivity index (χ0n) is 34.6. The van der Waals surface area contributed by atoms with Crippen LogP contribution in [0.2, 0.25) is 0 Å². The van der Waals surface area contributed by atoms with E-state index in [1.165, 1.54) is 71.1 Å². The fourth-order valence-corrected chi connectivity index (χ4v) is 10.6. The van der Waals surface area contributed by atoms with Gasteiger partial charge < -0.3 is 18.1 Å². The number of para-hydroxylation sites is 4. The van der Waals surface area contributed by atoms with Crippen LogP contribution in [0.1, 0.15) is 0 Å². The number of benzene rings is 10. The number of hydrogen-bond donors (Lipinski definition) is 0. The van der Waals surface area contributed by atoms with Crippen LogP contribution in [0.3, 0.4) is 0 Å². The van der Waals surface area contributed by atoms with Gasteiger partial charge in [0, 0.05) is 49.1 Å². The van der Waals surface area contributed by atoms with E-state index in [0.29, 0.717) is 0 Å². The SMILES string of the molecule is c1ccc(-c2cccc(-c3ccc4oc5cccc(-n6c7ccccc7c7ccc(-n8c9ccccc9c9cc(-n%10c%11ccccc%11c%11ccccc%11%10)ccc98)cc76)c5c4c3)c2)cc1. The minimum Gasteiger partial charge on any atom is -0.456 e. The zero-order valence-corrected chi connectivity index (χ0v) is 34.6. The van der Waals surface area contributed by atoms with E-state index in [4.69, 9.17) is 4.42 Å². The first-order valence-electron chi connectivity index (χ1n) is 21.9. The van der Waals surface area contributed by atoms with Gasteiger partial charge in [0.25, 0.3) is 0 Å². The maximum absolute atomic E-state index is 6.64. The van der Waals surface area contributed by atoms with Crippen LogP contribution in [0.5, 0.6) is 0 Å². The van der Waals surface area contributed by atoms with Gasteiger partial charge >= 0.3 is 0 Å². The number of furan rings is 1. The molecule has 0 fully saturated rings. The maximum Gasteiger partial charge on any atom is 0.137 e. The monoisotopic (exact) mass is 815 g/mol. The molecule has 0 atom stereocenters. The van der Waals surface area contributed by atoms with Crippen LogP contribution in [0.15, 0.2) is 229 Å².